The van der Waals surface area contributed by atoms with Crippen LogP contribution in [0.1, 0.15) is 18.5 Å². The molecule has 16 heavy (non-hydrogen) atoms. The van der Waals surface area contributed by atoms with Crippen molar-refractivity contribution in [2.75, 3.05) is 18.0 Å². The molecule has 5 nitrogen and oxygen atoms in total. The van der Waals surface area contributed by atoms with Crippen molar-refractivity contribution >= 4 is 5.82 Å². The van der Waals surface area contributed by atoms with Gasteiger partial charge in [-0.2, -0.15) is 5.26 Å². The lowest BCUT2D eigenvalue weighted by atomic mass is 9.88. The average Bonchev–Trinajstić information content (AvgIpc) is 3.09. The van der Waals surface area contributed by atoms with Crippen molar-refractivity contribution in [3.8, 4) is 6.07 Å². The molecule has 0 amide bonds. The molecule has 2 heterocycles. The fraction of sp³-hybridized carbons (Fsp3) is 0.545. The maximum atomic E-state index is 10.2. The summed E-state index contributed by atoms with van der Waals surface area (Å²) in [7, 11) is 0. The van der Waals surface area contributed by atoms with E-state index in [1.807, 2.05) is 11.0 Å². The number of hydrogen-bond acceptors (Lipinski definition) is 5. The largest absolute Gasteiger partial charge is 0.386 e. The fourth-order valence-corrected chi connectivity index (χ4v) is 2.28. The predicted octanol–water partition coefficient (Wildman–Crippen LogP) is 0.309. The summed E-state index contributed by atoms with van der Waals surface area (Å²) >= 11 is 0. The number of β-amino-alcohol motifs (C(OH)–C–C–N with tert-alkyl or cyclic N) is 1. The maximum absolute atomic E-state index is 10.2. The van der Waals surface area contributed by atoms with Crippen LogP contribution in [-0.2, 0) is 0 Å². The van der Waals surface area contributed by atoms with Crippen molar-refractivity contribution in [3.63, 3.8) is 0 Å². The number of aromatic nitrogens is 2. The Morgan fingerprint density at radius 3 is 2.69 bits per heavy atom. The number of anilines is 1. The van der Waals surface area contributed by atoms with Gasteiger partial charge in [-0.05, 0) is 18.8 Å². The van der Waals surface area contributed by atoms with Crippen LogP contribution in [0.15, 0.2) is 12.4 Å². The van der Waals surface area contributed by atoms with Gasteiger partial charge in [-0.15, -0.1) is 0 Å². The van der Waals surface area contributed by atoms with Gasteiger partial charge in [0.05, 0.1) is 13.1 Å². The average molecular weight is 216 g/mol. The number of aliphatic hydroxyl groups is 1. The molecule has 2 aliphatic rings. The minimum Gasteiger partial charge on any atom is -0.386 e. The Bertz CT molecular complexity index is 457. The third kappa shape index (κ3) is 1.34. The maximum Gasteiger partial charge on any atom is 0.183 e. The van der Waals surface area contributed by atoms with Gasteiger partial charge in [0.15, 0.2) is 11.5 Å². The van der Waals surface area contributed by atoms with E-state index in [0.717, 1.165) is 12.8 Å². The molecular formula is C11H12N4O. The van der Waals surface area contributed by atoms with Gasteiger partial charge in [-0.25, -0.2) is 9.97 Å². The van der Waals surface area contributed by atoms with Crippen LogP contribution in [0.5, 0.6) is 0 Å². The van der Waals surface area contributed by atoms with Crippen LogP contribution in [0.3, 0.4) is 0 Å². The van der Waals surface area contributed by atoms with Crippen LogP contribution in [-0.4, -0.2) is 33.8 Å². The molecule has 1 saturated carbocycles. The molecule has 0 unspecified atom stereocenters. The number of nitriles is 1. The summed E-state index contributed by atoms with van der Waals surface area (Å²) in [5.74, 6) is 1.04. The molecule has 1 saturated heterocycles. The van der Waals surface area contributed by atoms with Crippen LogP contribution in [0.25, 0.3) is 0 Å². The van der Waals surface area contributed by atoms with Crippen LogP contribution in [0.4, 0.5) is 5.82 Å². The van der Waals surface area contributed by atoms with E-state index in [1.54, 1.807) is 6.20 Å². The van der Waals surface area contributed by atoms with E-state index in [2.05, 4.69) is 9.97 Å². The lowest BCUT2D eigenvalue weighted by Crippen LogP contribution is -2.63. The summed E-state index contributed by atoms with van der Waals surface area (Å²) in [6.07, 6.45) is 5.32. The second kappa shape index (κ2) is 3.16. The molecule has 1 N–H and O–H groups in total. The van der Waals surface area contributed by atoms with Gasteiger partial charge in [0, 0.05) is 12.4 Å². The van der Waals surface area contributed by atoms with Crippen LogP contribution >= 0.6 is 0 Å². The van der Waals surface area contributed by atoms with Gasteiger partial charge >= 0.3 is 0 Å². The summed E-state index contributed by atoms with van der Waals surface area (Å²) < 4.78 is 0. The van der Waals surface area contributed by atoms with Crippen LogP contribution < -0.4 is 4.90 Å². The summed E-state index contributed by atoms with van der Waals surface area (Å²) in [4.78, 5) is 10.0. The molecule has 0 spiro atoms. The lowest BCUT2D eigenvalue weighted by molar-refractivity contribution is -0.00980. The number of rotatable bonds is 2. The Labute approximate surface area is 93.4 Å². The van der Waals surface area contributed by atoms with Gasteiger partial charge in [-0.3, -0.25) is 0 Å². The zero-order valence-electron chi connectivity index (χ0n) is 8.80. The van der Waals surface area contributed by atoms with Crippen molar-refractivity contribution in [1.82, 2.24) is 9.97 Å². The smallest absolute Gasteiger partial charge is 0.183 e. The van der Waals surface area contributed by atoms with E-state index >= 15 is 0 Å². The van der Waals surface area contributed by atoms with E-state index in [0.29, 0.717) is 30.5 Å². The standard InChI is InChI=1S/C11H12N4O/c12-5-9-10(14-4-3-13-9)15-6-11(16,7-15)8-1-2-8/h3-4,8,16H,1-2,6-7H2. The predicted molar refractivity (Wildman–Crippen MR) is 56.6 cm³/mol. The Kier molecular flexibility index (Phi) is 1.88. The van der Waals surface area contributed by atoms with E-state index in [4.69, 9.17) is 5.26 Å². The molecule has 82 valence electrons. The zero-order chi connectivity index (χ0) is 11.2. The third-order valence-electron chi connectivity index (χ3n) is 3.35. The Hall–Kier alpha value is -1.67. The topological polar surface area (TPSA) is 73.0 Å². The first-order chi connectivity index (χ1) is 7.73. The van der Waals surface area contributed by atoms with Crippen molar-refractivity contribution < 1.29 is 5.11 Å². The first-order valence-electron chi connectivity index (χ1n) is 5.41. The highest BCUT2D eigenvalue weighted by molar-refractivity contribution is 5.53. The third-order valence-corrected chi connectivity index (χ3v) is 3.35. The highest BCUT2D eigenvalue weighted by Crippen LogP contribution is 2.45. The minimum absolute atomic E-state index is 0.334. The monoisotopic (exact) mass is 216 g/mol. The summed E-state index contributed by atoms with van der Waals surface area (Å²) in [6, 6.07) is 2.02. The van der Waals surface area contributed by atoms with Crippen molar-refractivity contribution in [3.05, 3.63) is 18.1 Å². The van der Waals surface area contributed by atoms with Gasteiger partial charge in [-0.1, -0.05) is 0 Å². The van der Waals surface area contributed by atoms with E-state index in [1.165, 1.54) is 6.20 Å². The molecule has 0 aromatic carbocycles. The molecule has 5 heteroatoms. The van der Waals surface area contributed by atoms with Crippen molar-refractivity contribution in [2.24, 2.45) is 5.92 Å². The Balaban J connectivity index is 1.78. The van der Waals surface area contributed by atoms with Crippen molar-refractivity contribution in [2.45, 2.75) is 18.4 Å². The Morgan fingerprint density at radius 2 is 2.06 bits per heavy atom. The van der Waals surface area contributed by atoms with Crippen LogP contribution in [0, 0.1) is 17.2 Å². The lowest BCUT2D eigenvalue weighted by Gasteiger charge is -2.47. The molecule has 1 aromatic rings. The molecular weight excluding hydrogens is 204 g/mol. The van der Waals surface area contributed by atoms with E-state index in [-0.39, 0.29) is 0 Å². The van der Waals surface area contributed by atoms with Crippen molar-refractivity contribution in [1.29, 1.82) is 5.26 Å². The molecule has 2 fully saturated rings. The van der Waals surface area contributed by atoms with Gasteiger partial charge in [0.25, 0.3) is 0 Å². The van der Waals surface area contributed by atoms with Gasteiger partial charge < -0.3 is 10.0 Å². The summed E-state index contributed by atoms with van der Waals surface area (Å²) in [5.41, 5.74) is -0.218. The quantitative estimate of drug-likeness (QED) is 0.770. The molecule has 3 rings (SSSR count). The highest BCUT2D eigenvalue weighted by Gasteiger charge is 2.52. The SMILES string of the molecule is N#Cc1nccnc1N1CC(O)(C2CC2)C1. The second-order valence-electron chi connectivity index (χ2n) is 4.57. The second-order valence-corrected chi connectivity index (χ2v) is 4.57. The molecule has 0 bridgehead atoms. The first-order valence-corrected chi connectivity index (χ1v) is 5.41. The number of nitrogens with zero attached hydrogens (tertiary/aromatic N) is 4. The fourth-order valence-electron chi connectivity index (χ4n) is 2.28. The molecule has 0 radical (unpaired) electrons. The van der Waals surface area contributed by atoms with Gasteiger partial charge in [0.1, 0.15) is 11.7 Å². The summed E-state index contributed by atoms with van der Waals surface area (Å²) in [5, 5.41) is 19.1. The summed E-state index contributed by atoms with van der Waals surface area (Å²) in [6.45, 7) is 1.15. The minimum atomic E-state index is -0.551. The molecule has 1 aliphatic carbocycles. The first kappa shape index (κ1) is 9.55. The van der Waals surface area contributed by atoms with E-state index < -0.39 is 5.60 Å². The molecule has 0 atom stereocenters. The zero-order valence-corrected chi connectivity index (χ0v) is 8.80. The Morgan fingerprint density at radius 1 is 1.38 bits per heavy atom. The van der Waals surface area contributed by atoms with Crippen LogP contribution in [0.2, 0.25) is 0 Å². The molecule has 1 aromatic heterocycles. The van der Waals surface area contributed by atoms with E-state index in [9.17, 15) is 5.11 Å². The van der Waals surface area contributed by atoms with Gasteiger partial charge in [0.2, 0.25) is 0 Å². The molecule has 1 aliphatic heterocycles. The highest BCUT2D eigenvalue weighted by atomic mass is 16.3. The number of hydrogen-bond donors (Lipinski definition) is 1. The normalized spacial score (nSPS) is 22.4.